The second kappa shape index (κ2) is 11.9. The summed E-state index contributed by atoms with van der Waals surface area (Å²) in [6.07, 6.45) is 0.117. The van der Waals surface area contributed by atoms with Crippen LogP contribution in [0.3, 0.4) is 0 Å². The predicted octanol–water partition coefficient (Wildman–Crippen LogP) is 3.85. The molecule has 39 heavy (non-hydrogen) atoms. The Morgan fingerprint density at radius 3 is 2.54 bits per heavy atom. The number of carbonyl (C=O) groups is 2. The molecule has 2 heterocycles. The van der Waals surface area contributed by atoms with Gasteiger partial charge in [-0.15, -0.1) is 0 Å². The minimum Gasteiger partial charge on any atom is -0.491 e. The van der Waals surface area contributed by atoms with E-state index >= 15 is 0 Å². The third kappa shape index (κ3) is 7.39. The van der Waals surface area contributed by atoms with E-state index in [-0.39, 0.29) is 25.1 Å². The average molecular weight is 539 g/mol. The summed E-state index contributed by atoms with van der Waals surface area (Å²) in [7, 11) is 0. The maximum Gasteiger partial charge on any atom is 0.408 e. The monoisotopic (exact) mass is 538 g/mol. The number of nitrogens with zero attached hydrogens (tertiary/aromatic N) is 2. The van der Waals surface area contributed by atoms with Gasteiger partial charge in [0.2, 0.25) is 5.91 Å². The molecule has 0 bridgehead atoms. The Morgan fingerprint density at radius 2 is 1.87 bits per heavy atom. The predicted molar refractivity (Wildman–Crippen MR) is 143 cm³/mol. The SMILES string of the molecule is CC(C)(C)OC(=O)NC1(C(=O)N[C@H](C#N)Cc2ccc3c(c2)OCCN(c2ccc(F)cc2)C3)CCOCC1. The molecule has 2 aromatic rings. The quantitative estimate of drug-likeness (QED) is 0.575. The number of anilines is 1. The van der Waals surface area contributed by atoms with Crippen LogP contribution in [0.5, 0.6) is 5.75 Å². The third-order valence-electron chi connectivity index (χ3n) is 6.73. The number of rotatable bonds is 6. The van der Waals surface area contributed by atoms with Gasteiger partial charge in [-0.1, -0.05) is 12.1 Å². The molecule has 0 aliphatic carbocycles. The van der Waals surface area contributed by atoms with Crippen LogP contribution < -0.4 is 20.3 Å². The highest BCUT2D eigenvalue weighted by Crippen LogP contribution is 2.28. The Morgan fingerprint density at radius 1 is 1.15 bits per heavy atom. The number of benzene rings is 2. The van der Waals surface area contributed by atoms with Crippen LogP contribution in [0.25, 0.3) is 0 Å². The van der Waals surface area contributed by atoms with Crippen molar-refractivity contribution in [3.8, 4) is 11.8 Å². The standard InChI is InChI=1S/C29H35FN4O5/c1-28(2,3)39-27(36)33-29(10-13-37-14-11-29)26(35)32-23(18-31)16-20-4-5-21-19-34(12-15-38-25(21)17-20)24-8-6-22(30)7-9-24/h4-9,17,23H,10-16,19H2,1-3H3,(H,32,35)(H,33,36)/t23-/m0/s1. The van der Waals surface area contributed by atoms with Crippen molar-refractivity contribution in [3.05, 3.63) is 59.4 Å². The second-order valence-electron chi connectivity index (χ2n) is 10.9. The molecule has 2 aliphatic heterocycles. The first-order chi connectivity index (χ1) is 18.6. The van der Waals surface area contributed by atoms with Gasteiger partial charge in [0.1, 0.15) is 35.4 Å². The number of nitriles is 1. The molecule has 0 spiro atoms. The van der Waals surface area contributed by atoms with Crippen molar-refractivity contribution in [2.24, 2.45) is 0 Å². The van der Waals surface area contributed by atoms with Gasteiger partial charge in [-0.2, -0.15) is 5.26 Å². The molecule has 2 amide bonds. The number of fused-ring (bicyclic) bond motifs is 1. The number of hydrogen-bond acceptors (Lipinski definition) is 7. The van der Waals surface area contributed by atoms with Gasteiger partial charge >= 0.3 is 6.09 Å². The van der Waals surface area contributed by atoms with Crippen LogP contribution >= 0.6 is 0 Å². The van der Waals surface area contributed by atoms with Gasteiger partial charge in [0.05, 0.1) is 12.6 Å². The maximum absolute atomic E-state index is 13.4. The molecule has 2 aliphatic rings. The molecule has 2 aromatic carbocycles. The zero-order valence-electron chi connectivity index (χ0n) is 22.6. The van der Waals surface area contributed by atoms with Crippen LogP contribution in [0.4, 0.5) is 14.9 Å². The van der Waals surface area contributed by atoms with Crippen molar-refractivity contribution < 1.29 is 28.2 Å². The topological polar surface area (TPSA) is 113 Å². The zero-order valence-corrected chi connectivity index (χ0v) is 22.6. The van der Waals surface area contributed by atoms with Crippen molar-refractivity contribution in [1.82, 2.24) is 10.6 Å². The fourth-order valence-corrected chi connectivity index (χ4v) is 4.70. The number of halogens is 1. The molecule has 1 fully saturated rings. The van der Waals surface area contributed by atoms with Gasteiger partial charge in [-0.3, -0.25) is 4.79 Å². The van der Waals surface area contributed by atoms with Gasteiger partial charge in [-0.25, -0.2) is 9.18 Å². The summed E-state index contributed by atoms with van der Waals surface area (Å²) in [5, 5.41) is 15.4. The van der Waals surface area contributed by atoms with Crippen molar-refractivity contribution in [2.75, 3.05) is 31.3 Å². The Balaban J connectivity index is 1.43. The Hall–Kier alpha value is -3.84. The summed E-state index contributed by atoms with van der Waals surface area (Å²) in [5.74, 6) is -0.00542. The summed E-state index contributed by atoms with van der Waals surface area (Å²) in [5.41, 5.74) is 0.770. The van der Waals surface area contributed by atoms with E-state index in [1.807, 2.05) is 18.2 Å². The van der Waals surface area contributed by atoms with Crippen LogP contribution in [-0.2, 0) is 27.2 Å². The minimum atomic E-state index is -1.23. The first-order valence-electron chi connectivity index (χ1n) is 13.1. The van der Waals surface area contributed by atoms with Crippen molar-refractivity contribution >= 4 is 17.7 Å². The first-order valence-corrected chi connectivity index (χ1v) is 13.1. The second-order valence-corrected chi connectivity index (χ2v) is 10.9. The van der Waals surface area contributed by atoms with Crippen LogP contribution in [0, 0.1) is 17.1 Å². The molecular formula is C29H35FN4O5. The zero-order chi connectivity index (χ0) is 28.0. The van der Waals surface area contributed by atoms with Crippen LogP contribution in [0.2, 0.25) is 0 Å². The summed E-state index contributed by atoms with van der Waals surface area (Å²) in [6, 6.07) is 13.5. The smallest absolute Gasteiger partial charge is 0.408 e. The van der Waals surface area contributed by atoms with Crippen molar-refractivity contribution in [1.29, 1.82) is 5.26 Å². The Labute approximate surface area is 228 Å². The highest BCUT2D eigenvalue weighted by Gasteiger charge is 2.43. The normalized spacial score (nSPS) is 17.5. The Kier molecular flexibility index (Phi) is 8.60. The van der Waals surface area contributed by atoms with E-state index in [0.717, 1.165) is 16.8 Å². The fourth-order valence-electron chi connectivity index (χ4n) is 4.70. The van der Waals surface area contributed by atoms with Crippen molar-refractivity contribution in [2.45, 2.75) is 63.8 Å². The molecule has 1 atom stereocenters. The van der Waals surface area contributed by atoms with Gasteiger partial charge in [0.25, 0.3) is 0 Å². The van der Waals surface area contributed by atoms with Crippen LogP contribution in [0.1, 0.15) is 44.7 Å². The van der Waals surface area contributed by atoms with Crippen LogP contribution in [-0.4, -0.2) is 55.5 Å². The number of ether oxygens (including phenoxy) is 3. The minimum absolute atomic E-state index is 0.263. The van der Waals surface area contributed by atoms with Crippen molar-refractivity contribution in [3.63, 3.8) is 0 Å². The van der Waals surface area contributed by atoms with E-state index in [4.69, 9.17) is 14.2 Å². The molecule has 1 saturated heterocycles. The summed E-state index contributed by atoms with van der Waals surface area (Å²) >= 11 is 0. The number of amides is 2. The lowest BCUT2D eigenvalue weighted by atomic mass is 9.88. The molecular weight excluding hydrogens is 503 g/mol. The van der Waals surface area contributed by atoms with E-state index in [1.54, 1.807) is 32.9 Å². The van der Waals surface area contributed by atoms with Gasteiger partial charge in [-0.05, 0) is 56.7 Å². The molecule has 0 radical (unpaired) electrons. The highest BCUT2D eigenvalue weighted by atomic mass is 19.1. The van der Waals surface area contributed by atoms with Gasteiger partial charge in [0, 0.05) is 50.3 Å². The summed E-state index contributed by atoms with van der Waals surface area (Å²) in [4.78, 5) is 28.1. The van der Waals surface area contributed by atoms with Crippen LogP contribution in [0.15, 0.2) is 42.5 Å². The molecule has 208 valence electrons. The third-order valence-corrected chi connectivity index (χ3v) is 6.73. The molecule has 0 unspecified atom stereocenters. The fraction of sp³-hybridized carbons (Fsp3) is 0.483. The van der Waals surface area contributed by atoms with E-state index in [0.29, 0.717) is 38.7 Å². The molecule has 0 aromatic heterocycles. The summed E-state index contributed by atoms with van der Waals surface area (Å²) < 4.78 is 30.1. The lowest BCUT2D eigenvalue weighted by Crippen LogP contribution is -2.63. The number of nitrogens with one attached hydrogen (secondary N) is 2. The molecule has 10 heteroatoms. The molecule has 2 N–H and O–H groups in total. The highest BCUT2D eigenvalue weighted by molar-refractivity contribution is 5.90. The lowest BCUT2D eigenvalue weighted by Gasteiger charge is -2.37. The number of carbonyl (C=O) groups excluding carboxylic acids is 2. The van der Waals surface area contributed by atoms with E-state index in [9.17, 15) is 19.2 Å². The molecule has 0 saturated carbocycles. The largest absolute Gasteiger partial charge is 0.491 e. The van der Waals surface area contributed by atoms with E-state index < -0.39 is 29.2 Å². The first kappa shape index (κ1) is 28.2. The Bertz CT molecular complexity index is 1220. The van der Waals surface area contributed by atoms with E-state index in [1.165, 1.54) is 12.1 Å². The molecule has 9 nitrogen and oxygen atoms in total. The summed E-state index contributed by atoms with van der Waals surface area (Å²) in [6.45, 7) is 7.55. The lowest BCUT2D eigenvalue weighted by molar-refractivity contribution is -0.132. The van der Waals surface area contributed by atoms with Gasteiger partial charge < -0.3 is 29.7 Å². The number of hydrogen-bond donors (Lipinski definition) is 2. The number of alkyl carbamates (subject to hydrolysis) is 1. The van der Waals surface area contributed by atoms with E-state index in [2.05, 4.69) is 21.6 Å². The maximum atomic E-state index is 13.4. The average Bonchev–Trinajstić information content (AvgIpc) is 3.10. The van der Waals surface area contributed by atoms with Gasteiger partial charge in [0.15, 0.2) is 0 Å². The molecule has 4 rings (SSSR count).